The first-order chi connectivity index (χ1) is 8.58. The third kappa shape index (κ3) is 3.48. The summed E-state index contributed by atoms with van der Waals surface area (Å²) in [4.78, 5) is 2.48. The Morgan fingerprint density at radius 1 is 1.06 bits per heavy atom. The summed E-state index contributed by atoms with van der Waals surface area (Å²) in [7, 11) is 2.25. The lowest BCUT2D eigenvalue weighted by atomic mass is 9.77. The van der Waals surface area contributed by atoms with Gasteiger partial charge in [-0.05, 0) is 50.6 Å². The Morgan fingerprint density at radius 3 is 2.44 bits per heavy atom. The maximum atomic E-state index is 4.03. The van der Waals surface area contributed by atoms with Gasteiger partial charge in [-0.3, -0.25) is 0 Å². The maximum absolute atomic E-state index is 4.03. The van der Waals surface area contributed by atoms with Crippen molar-refractivity contribution in [3.8, 4) is 0 Å². The van der Waals surface area contributed by atoms with Gasteiger partial charge in [0.15, 0.2) is 0 Å². The van der Waals surface area contributed by atoms with E-state index in [4.69, 9.17) is 0 Å². The molecular weight excluding hydrogens is 220 g/mol. The number of nitrogens with zero attached hydrogens (tertiary/aromatic N) is 1. The van der Waals surface area contributed by atoms with E-state index in [0.29, 0.717) is 0 Å². The molecule has 0 spiro atoms. The van der Waals surface area contributed by atoms with Crippen molar-refractivity contribution in [1.29, 1.82) is 0 Å². The molecule has 0 aromatic carbocycles. The van der Waals surface area contributed by atoms with Crippen molar-refractivity contribution in [2.24, 2.45) is 17.8 Å². The average molecular weight is 252 g/mol. The van der Waals surface area contributed by atoms with E-state index in [0.717, 1.165) is 29.8 Å². The number of rotatable bonds is 3. The van der Waals surface area contributed by atoms with Crippen LogP contribution in [0.1, 0.15) is 52.9 Å². The molecule has 106 valence electrons. The molecule has 0 amide bonds. The van der Waals surface area contributed by atoms with Gasteiger partial charge in [-0.25, -0.2) is 0 Å². The molecule has 1 aliphatic carbocycles. The van der Waals surface area contributed by atoms with Crippen LogP contribution in [0.2, 0.25) is 0 Å². The Bertz CT molecular complexity index is 251. The highest BCUT2D eigenvalue weighted by molar-refractivity contribution is 4.89. The zero-order chi connectivity index (χ0) is 13.1. The van der Waals surface area contributed by atoms with E-state index in [1.807, 2.05) is 0 Å². The Kier molecular flexibility index (Phi) is 5.08. The highest BCUT2D eigenvalue weighted by Gasteiger charge is 2.32. The average Bonchev–Trinajstić information content (AvgIpc) is 2.33. The molecule has 4 unspecified atom stereocenters. The van der Waals surface area contributed by atoms with Gasteiger partial charge in [-0.15, -0.1) is 0 Å². The molecule has 0 aromatic rings. The third-order valence-corrected chi connectivity index (χ3v) is 5.21. The maximum Gasteiger partial charge on any atom is 0.0120 e. The molecule has 1 heterocycles. The van der Waals surface area contributed by atoms with E-state index in [1.165, 1.54) is 45.2 Å². The molecular formula is C16H32N2. The van der Waals surface area contributed by atoms with Crippen molar-refractivity contribution >= 4 is 0 Å². The Labute approximate surface area is 114 Å². The van der Waals surface area contributed by atoms with E-state index < -0.39 is 0 Å². The summed E-state index contributed by atoms with van der Waals surface area (Å²) in [5, 5.41) is 4.03. The van der Waals surface area contributed by atoms with Crippen LogP contribution < -0.4 is 5.32 Å². The second-order valence-corrected chi connectivity index (χ2v) is 7.10. The first-order valence-corrected chi connectivity index (χ1v) is 8.02. The standard InChI is InChI=1S/C16H32N2/c1-12(2)14-7-5-6-8-16(14)17-15-9-10-18(4)11-13(15)3/h12-17H,5-11H2,1-4H3. The third-order valence-electron chi connectivity index (χ3n) is 5.21. The van der Waals surface area contributed by atoms with Crippen LogP contribution in [0.5, 0.6) is 0 Å². The van der Waals surface area contributed by atoms with E-state index in [-0.39, 0.29) is 0 Å². The van der Waals surface area contributed by atoms with Crippen LogP contribution in [0, 0.1) is 17.8 Å². The van der Waals surface area contributed by atoms with Crippen molar-refractivity contribution in [1.82, 2.24) is 10.2 Å². The van der Waals surface area contributed by atoms with Gasteiger partial charge in [-0.1, -0.05) is 33.6 Å². The molecule has 2 nitrogen and oxygen atoms in total. The normalized spacial score (nSPS) is 39.2. The van der Waals surface area contributed by atoms with Gasteiger partial charge in [0.25, 0.3) is 0 Å². The lowest BCUT2D eigenvalue weighted by molar-refractivity contribution is 0.129. The van der Waals surface area contributed by atoms with Crippen LogP contribution in [0.4, 0.5) is 0 Å². The molecule has 0 aromatic heterocycles. The van der Waals surface area contributed by atoms with Crippen LogP contribution in [0.15, 0.2) is 0 Å². The van der Waals surface area contributed by atoms with Gasteiger partial charge in [0, 0.05) is 18.6 Å². The van der Waals surface area contributed by atoms with Gasteiger partial charge < -0.3 is 10.2 Å². The lowest BCUT2D eigenvalue weighted by Crippen LogP contribution is -2.53. The number of likely N-dealkylation sites (tertiary alicyclic amines) is 1. The fraction of sp³-hybridized carbons (Fsp3) is 1.00. The van der Waals surface area contributed by atoms with Gasteiger partial charge in [0.05, 0.1) is 0 Å². The number of hydrogen-bond donors (Lipinski definition) is 1. The molecule has 0 bridgehead atoms. The van der Waals surface area contributed by atoms with E-state index in [9.17, 15) is 0 Å². The molecule has 4 atom stereocenters. The predicted octanol–water partition coefficient (Wildman–Crippen LogP) is 3.13. The summed E-state index contributed by atoms with van der Waals surface area (Å²) in [6.45, 7) is 9.75. The second-order valence-electron chi connectivity index (χ2n) is 7.10. The quantitative estimate of drug-likeness (QED) is 0.830. The first-order valence-electron chi connectivity index (χ1n) is 8.02. The minimum Gasteiger partial charge on any atom is -0.311 e. The lowest BCUT2D eigenvalue weighted by Gasteiger charge is -2.42. The zero-order valence-corrected chi connectivity index (χ0v) is 12.8. The molecule has 1 aliphatic heterocycles. The summed E-state index contributed by atoms with van der Waals surface area (Å²) in [6, 6.07) is 1.54. The van der Waals surface area contributed by atoms with Gasteiger partial charge >= 0.3 is 0 Å². The monoisotopic (exact) mass is 252 g/mol. The highest BCUT2D eigenvalue weighted by Crippen LogP contribution is 2.31. The number of hydrogen-bond acceptors (Lipinski definition) is 2. The topological polar surface area (TPSA) is 15.3 Å². The summed E-state index contributed by atoms with van der Waals surface area (Å²) >= 11 is 0. The first kappa shape index (κ1) is 14.3. The molecule has 2 rings (SSSR count). The molecule has 2 fully saturated rings. The Balaban J connectivity index is 1.90. The minimum atomic E-state index is 0.755. The van der Waals surface area contributed by atoms with Crippen molar-refractivity contribution in [2.45, 2.75) is 65.0 Å². The SMILES string of the molecule is CC(C)C1CCCCC1NC1CCN(C)CC1C. The predicted molar refractivity (Wildman–Crippen MR) is 78.8 cm³/mol. The molecule has 1 N–H and O–H groups in total. The Hall–Kier alpha value is -0.0800. The summed E-state index contributed by atoms with van der Waals surface area (Å²) in [5.41, 5.74) is 0. The summed E-state index contributed by atoms with van der Waals surface area (Å²) < 4.78 is 0. The fourth-order valence-corrected chi connectivity index (χ4v) is 4.04. The summed E-state index contributed by atoms with van der Waals surface area (Å²) in [5.74, 6) is 2.55. The molecule has 2 heteroatoms. The molecule has 1 saturated carbocycles. The van der Waals surface area contributed by atoms with Crippen molar-refractivity contribution in [2.75, 3.05) is 20.1 Å². The Morgan fingerprint density at radius 2 is 1.78 bits per heavy atom. The van der Waals surface area contributed by atoms with Crippen molar-refractivity contribution < 1.29 is 0 Å². The second kappa shape index (κ2) is 6.38. The van der Waals surface area contributed by atoms with Crippen LogP contribution >= 0.6 is 0 Å². The van der Waals surface area contributed by atoms with Gasteiger partial charge in [0.2, 0.25) is 0 Å². The van der Waals surface area contributed by atoms with E-state index in [1.54, 1.807) is 0 Å². The molecule has 2 aliphatic rings. The van der Waals surface area contributed by atoms with Crippen molar-refractivity contribution in [3.63, 3.8) is 0 Å². The van der Waals surface area contributed by atoms with Crippen LogP contribution in [-0.2, 0) is 0 Å². The zero-order valence-electron chi connectivity index (χ0n) is 12.8. The van der Waals surface area contributed by atoms with Crippen molar-refractivity contribution in [3.05, 3.63) is 0 Å². The van der Waals surface area contributed by atoms with Gasteiger partial charge in [0.1, 0.15) is 0 Å². The van der Waals surface area contributed by atoms with E-state index >= 15 is 0 Å². The largest absolute Gasteiger partial charge is 0.311 e. The molecule has 0 radical (unpaired) electrons. The summed E-state index contributed by atoms with van der Waals surface area (Å²) in [6.07, 6.45) is 7.06. The van der Waals surface area contributed by atoms with Gasteiger partial charge in [-0.2, -0.15) is 0 Å². The number of piperidine rings is 1. The smallest absolute Gasteiger partial charge is 0.0120 e. The van der Waals surface area contributed by atoms with Crippen LogP contribution in [0.25, 0.3) is 0 Å². The highest BCUT2D eigenvalue weighted by atomic mass is 15.1. The molecule has 18 heavy (non-hydrogen) atoms. The van der Waals surface area contributed by atoms with E-state index in [2.05, 4.69) is 38.0 Å². The molecule has 1 saturated heterocycles. The van der Waals surface area contributed by atoms with Crippen LogP contribution in [-0.4, -0.2) is 37.1 Å². The van der Waals surface area contributed by atoms with Crippen LogP contribution in [0.3, 0.4) is 0 Å². The fourth-order valence-electron chi connectivity index (χ4n) is 4.04. The number of nitrogens with one attached hydrogen (secondary N) is 1. The minimum absolute atomic E-state index is 0.755.